The Labute approximate surface area is 159 Å². The molecule has 146 valence electrons. The van der Waals surface area contributed by atoms with Crippen LogP contribution in [0.5, 0.6) is 0 Å². The molecule has 0 atom stereocenters. The molecule has 0 heterocycles. The molecule has 0 aliphatic heterocycles. The molecule has 0 amide bonds. The fourth-order valence-electron chi connectivity index (χ4n) is 3.36. The van der Waals surface area contributed by atoms with Crippen LogP contribution in [0.3, 0.4) is 0 Å². The van der Waals surface area contributed by atoms with Gasteiger partial charge in [0, 0.05) is 53.1 Å². The largest absolute Gasteiger partial charge is 0.385 e. The molecule has 26 heavy (non-hydrogen) atoms. The van der Waals surface area contributed by atoms with Crippen LogP contribution in [0, 0.1) is 5.41 Å². The molecule has 5 heteroatoms. The van der Waals surface area contributed by atoms with Crippen molar-refractivity contribution in [3.8, 4) is 0 Å². The predicted molar refractivity (Wildman–Crippen MR) is 111 cm³/mol. The van der Waals surface area contributed by atoms with Crippen LogP contribution in [0.25, 0.3) is 0 Å². The number of aliphatic imine (C=N–C) groups is 1. The number of nitrogens with zero attached hydrogens (tertiary/aromatic N) is 2. The quantitative estimate of drug-likeness (QED) is 0.497. The summed E-state index contributed by atoms with van der Waals surface area (Å²) in [7, 11) is 5.92. The van der Waals surface area contributed by atoms with Crippen molar-refractivity contribution in [2.24, 2.45) is 10.4 Å². The Morgan fingerprint density at radius 1 is 1.19 bits per heavy atom. The van der Waals surface area contributed by atoms with Gasteiger partial charge in [-0.2, -0.15) is 0 Å². The topological polar surface area (TPSA) is 48.9 Å². The third-order valence-corrected chi connectivity index (χ3v) is 5.33. The van der Waals surface area contributed by atoms with E-state index in [9.17, 15) is 0 Å². The van der Waals surface area contributed by atoms with Gasteiger partial charge >= 0.3 is 0 Å². The third-order valence-electron chi connectivity index (χ3n) is 5.33. The van der Waals surface area contributed by atoms with Gasteiger partial charge in [0.05, 0.1) is 0 Å². The van der Waals surface area contributed by atoms with E-state index in [0.717, 1.165) is 45.0 Å². The number of hydrogen-bond donors (Lipinski definition) is 2. The van der Waals surface area contributed by atoms with Crippen LogP contribution in [0.2, 0.25) is 0 Å². The maximum absolute atomic E-state index is 5.28. The van der Waals surface area contributed by atoms with E-state index in [1.165, 1.54) is 30.5 Å². The molecule has 1 fully saturated rings. The molecule has 1 aromatic rings. The Morgan fingerprint density at radius 3 is 2.46 bits per heavy atom. The Balaban J connectivity index is 1.83. The van der Waals surface area contributed by atoms with Gasteiger partial charge in [0.2, 0.25) is 0 Å². The van der Waals surface area contributed by atoms with Crippen molar-refractivity contribution in [3.05, 3.63) is 29.8 Å². The molecule has 0 unspecified atom stereocenters. The van der Waals surface area contributed by atoms with E-state index >= 15 is 0 Å². The van der Waals surface area contributed by atoms with E-state index in [-0.39, 0.29) is 0 Å². The monoisotopic (exact) mass is 360 g/mol. The second-order valence-electron chi connectivity index (χ2n) is 7.53. The minimum atomic E-state index is 0.361. The first-order chi connectivity index (χ1) is 12.6. The molecule has 1 aliphatic carbocycles. The number of ether oxygens (including phenoxy) is 1. The molecule has 2 N–H and O–H groups in total. The minimum absolute atomic E-state index is 0.361. The average molecular weight is 361 g/mol. The van der Waals surface area contributed by atoms with Crippen LogP contribution in [0.1, 0.15) is 38.2 Å². The summed E-state index contributed by atoms with van der Waals surface area (Å²) in [4.78, 5) is 6.98. The van der Waals surface area contributed by atoms with E-state index in [1.807, 2.05) is 0 Å². The van der Waals surface area contributed by atoms with Gasteiger partial charge in [-0.3, -0.25) is 4.99 Å². The first kappa shape index (κ1) is 20.6. The highest BCUT2D eigenvalue weighted by Gasteiger charge is 2.36. The second-order valence-corrected chi connectivity index (χ2v) is 7.53. The van der Waals surface area contributed by atoms with E-state index in [2.05, 4.69) is 60.8 Å². The van der Waals surface area contributed by atoms with E-state index < -0.39 is 0 Å². The van der Waals surface area contributed by atoms with E-state index in [4.69, 9.17) is 9.73 Å². The molecule has 1 saturated carbocycles. The summed E-state index contributed by atoms with van der Waals surface area (Å²) >= 11 is 0. The van der Waals surface area contributed by atoms with Crippen LogP contribution in [-0.2, 0) is 11.2 Å². The first-order valence-corrected chi connectivity index (χ1v) is 9.86. The Hall–Kier alpha value is -1.75. The smallest absolute Gasteiger partial charge is 0.191 e. The Morgan fingerprint density at radius 2 is 1.92 bits per heavy atom. The van der Waals surface area contributed by atoms with Crippen molar-refractivity contribution >= 4 is 11.6 Å². The number of guanidine groups is 1. The number of hydrogen-bond acceptors (Lipinski definition) is 3. The van der Waals surface area contributed by atoms with E-state index in [0.29, 0.717) is 5.41 Å². The summed E-state index contributed by atoms with van der Waals surface area (Å²) in [5.41, 5.74) is 2.94. The van der Waals surface area contributed by atoms with Crippen molar-refractivity contribution < 1.29 is 4.74 Å². The molecule has 0 aromatic heterocycles. The zero-order chi connectivity index (χ0) is 18.8. The number of rotatable bonds is 10. The van der Waals surface area contributed by atoms with Gasteiger partial charge in [0.25, 0.3) is 0 Å². The summed E-state index contributed by atoms with van der Waals surface area (Å²) in [6.45, 7) is 5.61. The SMILES string of the molecule is CCNC(=NCC1(CCOC)CCC1)NCCc1ccc(N(C)C)cc1. The van der Waals surface area contributed by atoms with Crippen molar-refractivity contribution in [1.29, 1.82) is 0 Å². The average Bonchev–Trinajstić information content (AvgIpc) is 2.61. The standard InChI is InChI=1S/C21H36N4O/c1-5-22-20(24-17-21(12-6-13-21)14-16-26-4)23-15-11-18-7-9-19(10-8-18)25(2)3/h7-10H,5-6,11-17H2,1-4H3,(H2,22,23,24). The minimum Gasteiger partial charge on any atom is -0.385 e. The molecule has 5 nitrogen and oxygen atoms in total. The molecule has 0 spiro atoms. The lowest BCUT2D eigenvalue weighted by molar-refractivity contribution is 0.0778. The highest BCUT2D eigenvalue weighted by atomic mass is 16.5. The molecule has 0 radical (unpaired) electrons. The summed E-state index contributed by atoms with van der Waals surface area (Å²) in [5.74, 6) is 0.932. The maximum atomic E-state index is 5.28. The van der Waals surface area contributed by atoms with Crippen LogP contribution < -0.4 is 15.5 Å². The highest BCUT2D eigenvalue weighted by molar-refractivity contribution is 5.79. The van der Waals surface area contributed by atoms with Gasteiger partial charge in [-0.1, -0.05) is 18.6 Å². The summed E-state index contributed by atoms with van der Waals surface area (Å²) in [5, 5.41) is 6.85. The second kappa shape index (κ2) is 10.4. The summed E-state index contributed by atoms with van der Waals surface area (Å²) in [6.07, 6.45) is 5.98. The lowest BCUT2D eigenvalue weighted by Crippen LogP contribution is -2.41. The fraction of sp³-hybridized carbons (Fsp3) is 0.667. The van der Waals surface area contributed by atoms with Crippen molar-refractivity contribution in [2.45, 2.75) is 39.0 Å². The predicted octanol–water partition coefficient (Wildman–Crippen LogP) is 3.06. The van der Waals surface area contributed by atoms with Gasteiger partial charge < -0.3 is 20.3 Å². The van der Waals surface area contributed by atoms with E-state index in [1.54, 1.807) is 7.11 Å². The van der Waals surface area contributed by atoms with Gasteiger partial charge in [0.1, 0.15) is 0 Å². The lowest BCUT2D eigenvalue weighted by Gasteiger charge is -2.40. The van der Waals surface area contributed by atoms with Crippen LogP contribution in [0.15, 0.2) is 29.3 Å². The zero-order valence-corrected chi connectivity index (χ0v) is 17.0. The molecule has 0 saturated heterocycles. The van der Waals surface area contributed by atoms with Crippen molar-refractivity contribution in [2.75, 3.05) is 52.3 Å². The number of anilines is 1. The van der Waals surface area contributed by atoms with Gasteiger partial charge in [-0.25, -0.2) is 0 Å². The van der Waals surface area contributed by atoms with Crippen molar-refractivity contribution in [1.82, 2.24) is 10.6 Å². The van der Waals surface area contributed by atoms with Crippen LogP contribution in [-0.4, -0.2) is 53.4 Å². The molecular formula is C21H36N4O. The first-order valence-electron chi connectivity index (χ1n) is 9.86. The third kappa shape index (κ3) is 6.20. The van der Waals surface area contributed by atoms with Crippen molar-refractivity contribution in [3.63, 3.8) is 0 Å². The fourth-order valence-corrected chi connectivity index (χ4v) is 3.36. The molecule has 0 bridgehead atoms. The summed E-state index contributed by atoms with van der Waals surface area (Å²) < 4.78 is 5.28. The van der Waals surface area contributed by atoms with Crippen LogP contribution >= 0.6 is 0 Å². The Kier molecular flexibility index (Phi) is 8.23. The normalized spacial score (nSPS) is 16.1. The molecular weight excluding hydrogens is 324 g/mol. The van der Waals surface area contributed by atoms with Crippen LogP contribution in [0.4, 0.5) is 5.69 Å². The molecule has 1 aromatic carbocycles. The summed E-state index contributed by atoms with van der Waals surface area (Å²) in [6, 6.07) is 8.75. The lowest BCUT2D eigenvalue weighted by atomic mass is 9.67. The molecule has 1 aliphatic rings. The number of methoxy groups -OCH3 is 1. The Bertz CT molecular complexity index is 550. The highest BCUT2D eigenvalue weighted by Crippen LogP contribution is 2.44. The zero-order valence-electron chi connectivity index (χ0n) is 17.0. The van der Waals surface area contributed by atoms with Gasteiger partial charge in [-0.15, -0.1) is 0 Å². The van der Waals surface area contributed by atoms with Gasteiger partial charge in [0.15, 0.2) is 5.96 Å². The number of benzene rings is 1. The number of nitrogens with one attached hydrogen (secondary N) is 2. The van der Waals surface area contributed by atoms with Gasteiger partial charge in [-0.05, 0) is 55.7 Å². The molecule has 2 rings (SSSR count). The maximum Gasteiger partial charge on any atom is 0.191 e.